The highest BCUT2D eigenvalue weighted by Gasteiger charge is 2.31. The molecule has 1 saturated heterocycles. The number of pyridine rings is 1. The number of nitrogens with zero attached hydrogens (tertiary/aromatic N) is 4. The van der Waals surface area contributed by atoms with Crippen LogP contribution in [0.15, 0.2) is 36.5 Å². The van der Waals surface area contributed by atoms with Gasteiger partial charge in [-0.15, -0.1) is 0 Å². The molecule has 140 valence electrons. The van der Waals surface area contributed by atoms with E-state index in [0.717, 1.165) is 30.0 Å². The van der Waals surface area contributed by atoms with Crippen LogP contribution in [0.5, 0.6) is 0 Å². The Morgan fingerprint density at radius 2 is 2.22 bits per heavy atom. The fourth-order valence-electron chi connectivity index (χ4n) is 3.63. The van der Waals surface area contributed by atoms with Gasteiger partial charge in [-0.25, -0.2) is 19.2 Å². The highest BCUT2D eigenvalue weighted by Crippen LogP contribution is 2.29. The monoisotopic (exact) mass is 367 g/mol. The molecular formula is C20H22FN5O. The van der Waals surface area contributed by atoms with Crippen molar-refractivity contribution in [1.29, 1.82) is 0 Å². The second-order valence-corrected chi connectivity index (χ2v) is 6.89. The number of halogens is 1. The number of anilines is 1. The van der Waals surface area contributed by atoms with Crippen LogP contribution in [0.1, 0.15) is 30.7 Å². The number of likely N-dealkylation sites (tertiary alicyclic amines) is 1. The molecule has 0 aliphatic carbocycles. The summed E-state index contributed by atoms with van der Waals surface area (Å²) in [5.74, 6) is 0.818. The fraction of sp³-hybridized carbons (Fsp3) is 0.350. The summed E-state index contributed by atoms with van der Waals surface area (Å²) in [7, 11) is 0. The van der Waals surface area contributed by atoms with Crippen LogP contribution in [0.3, 0.4) is 0 Å². The Balaban J connectivity index is 1.50. The van der Waals surface area contributed by atoms with Gasteiger partial charge in [0.05, 0.1) is 0 Å². The van der Waals surface area contributed by atoms with E-state index in [1.807, 2.05) is 12.1 Å². The summed E-state index contributed by atoms with van der Waals surface area (Å²) in [6, 6.07) is 8.36. The molecule has 0 saturated carbocycles. The average molecular weight is 367 g/mol. The third kappa shape index (κ3) is 3.25. The third-order valence-corrected chi connectivity index (χ3v) is 5.11. The molecule has 4 rings (SSSR count). The molecule has 1 aromatic carbocycles. The van der Waals surface area contributed by atoms with Crippen LogP contribution < -0.4 is 5.32 Å². The zero-order chi connectivity index (χ0) is 19.0. The van der Waals surface area contributed by atoms with Crippen LogP contribution in [0.25, 0.3) is 11.2 Å². The molecule has 1 fully saturated rings. The number of carbonyl (C=O) groups excluding carboxylic acids is 1. The first kappa shape index (κ1) is 17.5. The molecule has 1 N–H and O–H groups in total. The second kappa shape index (κ2) is 6.98. The van der Waals surface area contributed by atoms with Crippen molar-refractivity contribution in [1.82, 2.24) is 19.4 Å². The third-order valence-electron chi connectivity index (χ3n) is 5.11. The van der Waals surface area contributed by atoms with Crippen LogP contribution in [-0.4, -0.2) is 38.6 Å². The molecule has 6 nitrogen and oxygen atoms in total. The molecule has 2 amide bonds. The minimum atomic E-state index is -0.323. The minimum absolute atomic E-state index is 0.166. The second-order valence-electron chi connectivity index (χ2n) is 6.89. The van der Waals surface area contributed by atoms with Crippen molar-refractivity contribution in [3.63, 3.8) is 0 Å². The van der Waals surface area contributed by atoms with Gasteiger partial charge in [0.25, 0.3) is 0 Å². The Kier molecular flexibility index (Phi) is 4.51. The largest absolute Gasteiger partial charge is 0.324 e. The Morgan fingerprint density at radius 1 is 1.37 bits per heavy atom. The number of urea groups is 1. The molecule has 1 aliphatic rings. The molecule has 0 bridgehead atoms. The predicted octanol–water partition coefficient (Wildman–Crippen LogP) is 3.92. The first-order valence-corrected chi connectivity index (χ1v) is 9.20. The van der Waals surface area contributed by atoms with E-state index in [2.05, 4.69) is 21.8 Å². The van der Waals surface area contributed by atoms with Gasteiger partial charge >= 0.3 is 6.03 Å². The normalized spacial score (nSPS) is 16.9. The number of carbonyl (C=O) groups is 1. The van der Waals surface area contributed by atoms with Crippen LogP contribution in [0.2, 0.25) is 0 Å². The maximum absolute atomic E-state index is 13.7. The van der Waals surface area contributed by atoms with E-state index in [4.69, 9.17) is 4.98 Å². The van der Waals surface area contributed by atoms with E-state index in [1.54, 1.807) is 30.2 Å². The zero-order valence-corrected chi connectivity index (χ0v) is 15.4. The summed E-state index contributed by atoms with van der Waals surface area (Å²) in [6.07, 6.45) is 2.62. The van der Waals surface area contributed by atoms with Gasteiger partial charge in [-0.2, -0.15) is 0 Å². The van der Waals surface area contributed by atoms with Gasteiger partial charge in [-0.3, -0.25) is 0 Å². The quantitative estimate of drug-likeness (QED) is 0.763. The number of aryl methyl sites for hydroxylation is 2. The number of amides is 2. The van der Waals surface area contributed by atoms with E-state index in [0.29, 0.717) is 24.3 Å². The summed E-state index contributed by atoms with van der Waals surface area (Å²) in [5, 5.41) is 2.79. The van der Waals surface area contributed by atoms with Gasteiger partial charge in [-0.1, -0.05) is 6.07 Å². The van der Waals surface area contributed by atoms with Gasteiger partial charge in [0.2, 0.25) is 0 Å². The summed E-state index contributed by atoms with van der Waals surface area (Å²) < 4.78 is 15.8. The summed E-state index contributed by atoms with van der Waals surface area (Å²) in [4.78, 5) is 23.5. The topological polar surface area (TPSA) is 63.1 Å². The van der Waals surface area contributed by atoms with Gasteiger partial charge in [0.1, 0.15) is 17.2 Å². The van der Waals surface area contributed by atoms with E-state index >= 15 is 0 Å². The summed E-state index contributed by atoms with van der Waals surface area (Å²) >= 11 is 0. The Bertz CT molecular complexity index is 999. The van der Waals surface area contributed by atoms with E-state index in [1.165, 1.54) is 6.07 Å². The molecular weight excluding hydrogens is 345 g/mol. The van der Waals surface area contributed by atoms with E-state index in [-0.39, 0.29) is 17.8 Å². The highest BCUT2D eigenvalue weighted by atomic mass is 19.1. The SMILES string of the molecule is CCn1c(C2CCN(C(=O)Nc3ccc(C)c(F)c3)C2)nc2cccnc21. The first-order valence-electron chi connectivity index (χ1n) is 9.20. The number of rotatable bonds is 3. The fourth-order valence-corrected chi connectivity index (χ4v) is 3.63. The number of benzene rings is 1. The lowest BCUT2D eigenvalue weighted by Crippen LogP contribution is -2.33. The lowest BCUT2D eigenvalue weighted by atomic mass is 10.1. The maximum atomic E-state index is 13.7. The smallest absolute Gasteiger partial charge is 0.321 e. The number of nitrogens with one attached hydrogen (secondary N) is 1. The molecule has 3 heterocycles. The summed E-state index contributed by atoms with van der Waals surface area (Å²) in [5.41, 5.74) is 2.79. The van der Waals surface area contributed by atoms with Gasteiger partial charge in [0.15, 0.2) is 5.65 Å². The number of hydrogen-bond donors (Lipinski definition) is 1. The van der Waals surface area contributed by atoms with Crippen LogP contribution in [0, 0.1) is 12.7 Å². The maximum Gasteiger partial charge on any atom is 0.321 e. The van der Waals surface area contributed by atoms with Gasteiger partial charge in [-0.05, 0) is 50.1 Å². The molecule has 1 unspecified atom stereocenters. The molecule has 1 aliphatic heterocycles. The lowest BCUT2D eigenvalue weighted by Gasteiger charge is -2.18. The van der Waals surface area contributed by atoms with Crippen molar-refractivity contribution in [3.05, 3.63) is 53.7 Å². The van der Waals surface area contributed by atoms with Crippen LogP contribution in [0.4, 0.5) is 14.9 Å². The zero-order valence-electron chi connectivity index (χ0n) is 15.4. The number of imidazole rings is 1. The van der Waals surface area contributed by atoms with Crippen molar-refractivity contribution < 1.29 is 9.18 Å². The minimum Gasteiger partial charge on any atom is -0.324 e. The number of aromatic nitrogens is 3. The Morgan fingerprint density at radius 3 is 3.00 bits per heavy atom. The van der Waals surface area contributed by atoms with Crippen molar-refractivity contribution in [2.75, 3.05) is 18.4 Å². The number of hydrogen-bond acceptors (Lipinski definition) is 3. The lowest BCUT2D eigenvalue weighted by molar-refractivity contribution is 0.222. The standard InChI is InChI=1S/C20H22FN5O/c1-3-26-18(24-17-5-4-9-22-19(17)26)14-8-10-25(12-14)20(27)23-15-7-6-13(2)16(21)11-15/h4-7,9,11,14H,3,8,10,12H2,1-2H3,(H,23,27). The van der Waals surface area contributed by atoms with Gasteiger partial charge in [0, 0.05) is 37.4 Å². The summed E-state index contributed by atoms with van der Waals surface area (Å²) in [6.45, 7) is 5.79. The van der Waals surface area contributed by atoms with Crippen molar-refractivity contribution in [3.8, 4) is 0 Å². The first-order chi connectivity index (χ1) is 13.1. The Hall–Kier alpha value is -2.96. The molecule has 0 spiro atoms. The molecule has 3 aromatic rings. The molecule has 1 atom stereocenters. The van der Waals surface area contributed by atoms with Crippen LogP contribution in [-0.2, 0) is 6.54 Å². The molecule has 0 radical (unpaired) electrons. The highest BCUT2D eigenvalue weighted by molar-refractivity contribution is 5.89. The molecule has 2 aromatic heterocycles. The van der Waals surface area contributed by atoms with Gasteiger partial charge < -0.3 is 14.8 Å². The predicted molar refractivity (Wildman–Crippen MR) is 102 cm³/mol. The number of fused-ring (bicyclic) bond motifs is 1. The average Bonchev–Trinajstić information content (AvgIpc) is 3.29. The van der Waals surface area contributed by atoms with E-state index in [9.17, 15) is 9.18 Å². The van der Waals surface area contributed by atoms with Crippen LogP contribution >= 0.6 is 0 Å². The van der Waals surface area contributed by atoms with E-state index < -0.39 is 0 Å². The van der Waals surface area contributed by atoms with Crippen molar-refractivity contribution in [2.45, 2.75) is 32.7 Å². The molecule has 27 heavy (non-hydrogen) atoms. The van der Waals surface area contributed by atoms with Crippen molar-refractivity contribution in [2.24, 2.45) is 0 Å². The Labute approximate surface area is 157 Å². The molecule has 7 heteroatoms. The van der Waals surface area contributed by atoms with Crippen molar-refractivity contribution >= 4 is 22.9 Å².